The Bertz CT molecular complexity index is 1270. The summed E-state index contributed by atoms with van der Waals surface area (Å²) >= 11 is 0. The monoisotopic (exact) mass is 443 g/mol. The maximum atomic E-state index is 9.90. The van der Waals surface area contributed by atoms with Crippen LogP contribution in [0, 0.1) is 0 Å². The van der Waals surface area contributed by atoms with Crippen LogP contribution in [0.15, 0.2) is 48.8 Å². The molecule has 0 amide bonds. The largest absolute Gasteiger partial charge is 0.508 e. The van der Waals surface area contributed by atoms with E-state index in [2.05, 4.69) is 43.4 Å². The molecular weight excluding hydrogens is 414 g/mol. The lowest BCUT2D eigenvalue weighted by Gasteiger charge is -2.39. The third-order valence-electron chi connectivity index (χ3n) is 7.17. The molecule has 1 aliphatic heterocycles. The number of aromatic hydroxyl groups is 1. The number of hydrogen-bond acceptors (Lipinski definition) is 6. The lowest BCUT2D eigenvalue weighted by Crippen LogP contribution is -2.46. The summed E-state index contributed by atoms with van der Waals surface area (Å²) in [6, 6.07) is 14.8. The van der Waals surface area contributed by atoms with Gasteiger partial charge in [0.25, 0.3) is 0 Å². The average molecular weight is 444 g/mol. The molecule has 1 aliphatic carbocycles. The summed E-state index contributed by atoms with van der Waals surface area (Å²) in [4.78, 5) is 15.2. The molecule has 7 heteroatoms. The molecule has 0 atom stereocenters. The first-order valence-electron chi connectivity index (χ1n) is 11.9. The fraction of sp³-hybridized carbons (Fsp3) is 0.385. The molecule has 2 aliphatic rings. The lowest BCUT2D eigenvalue weighted by atomic mass is 9.90. The second-order valence-electron chi connectivity index (χ2n) is 9.18. The summed E-state index contributed by atoms with van der Waals surface area (Å²) < 4.78 is 5.52. The minimum absolute atomic E-state index is 0.268. The van der Waals surface area contributed by atoms with Crippen LogP contribution in [-0.2, 0) is 4.74 Å². The predicted molar refractivity (Wildman–Crippen MR) is 131 cm³/mol. The van der Waals surface area contributed by atoms with E-state index in [0.29, 0.717) is 12.1 Å². The number of anilines is 1. The van der Waals surface area contributed by atoms with E-state index in [1.807, 2.05) is 12.1 Å². The molecule has 0 bridgehead atoms. The topological polar surface area (TPSA) is 86.3 Å². The highest BCUT2D eigenvalue weighted by Gasteiger charge is 2.27. The van der Waals surface area contributed by atoms with Gasteiger partial charge in [-0.25, -0.2) is 9.97 Å². The number of aromatic amines is 1. The molecule has 2 aromatic heterocycles. The molecule has 0 unspecified atom stereocenters. The lowest BCUT2D eigenvalue weighted by molar-refractivity contribution is 0.00791. The molecule has 3 N–H and O–H groups in total. The van der Waals surface area contributed by atoms with Crippen molar-refractivity contribution < 1.29 is 9.84 Å². The van der Waals surface area contributed by atoms with Gasteiger partial charge >= 0.3 is 0 Å². The number of benzene rings is 2. The molecule has 1 saturated carbocycles. The second kappa shape index (κ2) is 8.65. The molecule has 2 aromatic carbocycles. The van der Waals surface area contributed by atoms with Gasteiger partial charge in [-0.05, 0) is 61.1 Å². The van der Waals surface area contributed by atoms with Crippen LogP contribution in [0.4, 0.5) is 5.82 Å². The van der Waals surface area contributed by atoms with Crippen molar-refractivity contribution in [3.63, 3.8) is 0 Å². The predicted octanol–water partition coefficient (Wildman–Crippen LogP) is 4.54. The average Bonchev–Trinajstić information content (AvgIpc) is 3.24. The number of H-pyrrole nitrogens is 1. The maximum Gasteiger partial charge on any atom is 0.143 e. The van der Waals surface area contributed by atoms with Gasteiger partial charge in [-0.3, -0.25) is 4.90 Å². The fourth-order valence-corrected chi connectivity index (χ4v) is 5.42. The first kappa shape index (κ1) is 20.4. The summed E-state index contributed by atoms with van der Waals surface area (Å²) in [5, 5.41) is 15.8. The molecule has 2 fully saturated rings. The molecule has 4 aromatic rings. The minimum Gasteiger partial charge on any atom is -0.508 e. The zero-order valence-corrected chi connectivity index (χ0v) is 18.6. The number of nitrogens with one attached hydrogen (secondary N) is 2. The van der Waals surface area contributed by atoms with Gasteiger partial charge in [0.2, 0.25) is 0 Å². The van der Waals surface area contributed by atoms with Crippen LogP contribution < -0.4 is 5.32 Å². The molecule has 1 saturated heterocycles. The Kier molecular flexibility index (Phi) is 5.36. The first-order valence-corrected chi connectivity index (χ1v) is 11.9. The van der Waals surface area contributed by atoms with Crippen molar-refractivity contribution in [2.75, 3.05) is 31.6 Å². The van der Waals surface area contributed by atoms with Gasteiger partial charge in [0.05, 0.1) is 18.6 Å². The van der Waals surface area contributed by atoms with E-state index in [1.165, 1.54) is 12.8 Å². The van der Waals surface area contributed by atoms with E-state index in [1.54, 1.807) is 18.5 Å². The van der Waals surface area contributed by atoms with Crippen LogP contribution >= 0.6 is 0 Å². The van der Waals surface area contributed by atoms with E-state index < -0.39 is 0 Å². The molecule has 0 spiro atoms. The van der Waals surface area contributed by atoms with E-state index in [0.717, 1.165) is 78.0 Å². The number of morpholine rings is 1. The van der Waals surface area contributed by atoms with E-state index in [4.69, 9.17) is 4.74 Å². The van der Waals surface area contributed by atoms with Crippen LogP contribution in [0.2, 0.25) is 0 Å². The van der Waals surface area contributed by atoms with Crippen molar-refractivity contribution in [2.24, 2.45) is 0 Å². The van der Waals surface area contributed by atoms with Crippen LogP contribution in [0.5, 0.6) is 5.75 Å². The van der Waals surface area contributed by atoms with E-state index >= 15 is 0 Å². The van der Waals surface area contributed by atoms with Crippen molar-refractivity contribution in [3.8, 4) is 16.9 Å². The Balaban J connectivity index is 1.27. The normalized spacial score (nSPS) is 22.1. The highest BCUT2D eigenvalue weighted by atomic mass is 16.5. The summed E-state index contributed by atoms with van der Waals surface area (Å²) in [7, 11) is 0. The number of phenols is 1. The van der Waals surface area contributed by atoms with E-state index in [-0.39, 0.29) is 5.75 Å². The highest BCUT2D eigenvalue weighted by Crippen LogP contribution is 2.34. The maximum absolute atomic E-state index is 9.90. The SMILES string of the molecule is Oc1cccc(-c2ccc3[nH]c4ncnc(N[C@H]5CC[C@H](N6CCOCC6)CC5)c4c3c2)c1. The van der Waals surface area contributed by atoms with Gasteiger partial charge in [0, 0.05) is 36.1 Å². The quantitative estimate of drug-likeness (QED) is 0.429. The smallest absolute Gasteiger partial charge is 0.143 e. The molecule has 6 rings (SSSR count). The number of rotatable bonds is 4. The Morgan fingerprint density at radius 1 is 0.970 bits per heavy atom. The molecular formula is C26H29N5O2. The number of aromatic nitrogens is 3. The van der Waals surface area contributed by atoms with Gasteiger partial charge in [-0.1, -0.05) is 18.2 Å². The molecule has 170 valence electrons. The Morgan fingerprint density at radius 3 is 2.61 bits per heavy atom. The van der Waals surface area contributed by atoms with Gasteiger partial charge in [0.1, 0.15) is 23.5 Å². The highest BCUT2D eigenvalue weighted by molar-refractivity contribution is 6.12. The molecule has 33 heavy (non-hydrogen) atoms. The Morgan fingerprint density at radius 2 is 1.79 bits per heavy atom. The molecule has 7 nitrogen and oxygen atoms in total. The number of phenolic OH excluding ortho intramolecular Hbond substituents is 1. The van der Waals surface area contributed by atoms with Gasteiger partial charge in [-0.2, -0.15) is 0 Å². The summed E-state index contributed by atoms with van der Waals surface area (Å²) in [6.45, 7) is 3.85. The minimum atomic E-state index is 0.268. The van der Waals surface area contributed by atoms with E-state index in [9.17, 15) is 5.11 Å². The number of hydrogen-bond donors (Lipinski definition) is 3. The van der Waals surface area contributed by atoms with Crippen molar-refractivity contribution in [1.82, 2.24) is 19.9 Å². The second-order valence-corrected chi connectivity index (χ2v) is 9.18. The Hall–Kier alpha value is -3.16. The van der Waals surface area contributed by atoms with Gasteiger partial charge < -0.3 is 20.1 Å². The number of ether oxygens (including phenoxy) is 1. The van der Waals surface area contributed by atoms with Crippen molar-refractivity contribution in [1.29, 1.82) is 0 Å². The number of nitrogens with zero attached hydrogens (tertiary/aromatic N) is 3. The van der Waals surface area contributed by atoms with Crippen LogP contribution in [-0.4, -0.2) is 63.3 Å². The number of fused-ring (bicyclic) bond motifs is 3. The fourth-order valence-electron chi connectivity index (χ4n) is 5.42. The van der Waals surface area contributed by atoms with Crippen molar-refractivity contribution in [3.05, 3.63) is 48.8 Å². The van der Waals surface area contributed by atoms with Crippen molar-refractivity contribution in [2.45, 2.75) is 37.8 Å². The van der Waals surface area contributed by atoms with Gasteiger partial charge in [-0.15, -0.1) is 0 Å². The van der Waals surface area contributed by atoms with Crippen LogP contribution in [0.25, 0.3) is 33.1 Å². The first-order chi connectivity index (χ1) is 16.2. The standard InChI is InChI=1S/C26H29N5O2/c32-21-3-1-2-17(14-21)18-4-9-23-22(15-18)24-25(27-16-28-26(24)30-23)29-19-5-7-20(8-6-19)31-10-12-33-13-11-31/h1-4,9,14-16,19-20,32H,5-8,10-13H2,(H2,27,28,29,30)/t19-,20-. The third kappa shape index (κ3) is 4.03. The Labute approximate surface area is 192 Å². The zero-order chi connectivity index (χ0) is 22.2. The third-order valence-corrected chi connectivity index (χ3v) is 7.17. The summed E-state index contributed by atoms with van der Waals surface area (Å²) in [6.07, 6.45) is 6.34. The van der Waals surface area contributed by atoms with Crippen molar-refractivity contribution >= 4 is 27.8 Å². The zero-order valence-electron chi connectivity index (χ0n) is 18.6. The van der Waals surface area contributed by atoms with Crippen LogP contribution in [0.1, 0.15) is 25.7 Å². The molecule has 3 heterocycles. The summed E-state index contributed by atoms with van der Waals surface area (Å²) in [5.74, 6) is 1.17. The molecule has 0 radical (unpaired) electrons. The van der Waals surface area contributed by atoms with Gasteiger partial charge in [0.15, 0.2) is 0 Å². The van der Waals surface area contributed by atoms with Crippen LogP contribution in [0.3, 0.4) is 0 Å². The summed E-state index contributed by atoms with van der Waals surface area (Å²) in [5.41, 5.74) is 3.92.